The number of carboxylic acid groups (broad SMARTS) is 1. The minimum Gasteiger partial charge on any atom is -0.480 e. The van der Waals surface area contributed by atoms with Crippen LogP contribution in [-0.2, 0) is 14.4 Å². The Morgan fingerprint density at radius 2 is 2.00 bits per heavy atom. The van der Waals surface area contributed by atoms with Gasteiger partial charge in [-0.15, -0.1) is 0 Å². The molecule has 0 spiro atoms. The number of carboxylic acids is 1. The minimum atomic E-state index is -1.26. The number of primary amides is 1. The smallest absolute Gasteiger partial charge is 0.326 e. The lowest BCUT2D eigenvalue weighted by atomic mass is 10.2. The third-order valence-electron chi connectivity index (χ3n) is 1.52. The SMILES string of the molecule is CCCC(=O)N[C@H](CC(N)=O)C(=O)O. The Morgan fingerprint density at radius 1 is 1.43 bits per heavy atom. The molecule has 0 aliphatic rings. The van der Waals surface area contributed by atoms with Gasteiger partial charge in [0.2, 0.25) is 11.8 Å². The zero-order chi connectivity index (χ0) is 11.1. The topological polar surface area (TPSA) is 109 Å². The lowest BCUT2D eigenvalue weighted by molar-refractivity contribution is -0.143. The summed E-state index contributed by atoms with van der Waals surface area (Å²) in [6.07, 6.45) is 0.474. The molecule has 0 radical (unpaired) electrons. The molecule has 0 aliphatic heterocycles. The molecular formula is C8H14N2O4. The summed E-state index contributed by atoms with van der Waals surface area (Å²) in [5.74, 6) is -2.40. The van der Waals surface area contributed by atoms with Crippen LogP contribution in [0.15, 0.2) is 0 Å². The van der Waals surface area contributed by atoms with Crippen molar-refractivity contribution in [3.05, 3.63) is 0 Å². The van der Waals surface area contributed by atoms with Crippen molar-refractivity contribution in [2.24, 2.45) is 5.73 Å². The molecule has 4 N–H and O–H groups in total. The number of hydrogen-bond donors (Lipinski definition) is 3. The van der Waals surface area contributed by atoms with Crippen LogP contribution in [0.5, 0.6) is 0 Å². The highest BCUT2D eigenvalue weighted by Gasteiger charge is 2.21. The number of carbonyl (C=O) groups is 3. The lowest BCUT2D eigenvalue weighted by Gasteiger charge is -2.11. The van der Waals surface area contributed by atoms with Gasteiger partial charge in [0.25, 0.3) is 0 Å². The van der Waals surface area contributed by atoms with E-state index in [1.165, 1.54) is 0 Å². The third-order valence-corrected chi connectivity index (χ3v) is 1.52. The van der Waals surface area contributed by atoms with Crippen LogP contribution in [0.4, 0.5) is 0 Å². The largest absolute Gasteiger partial charge is 0.480 e. The quantitative estimate of drug-likeness (QED) is 0.525. The van der Waals surface area contributed by atoms with E-state index in [0.29, 0.717) is 6.42 Å². The summed E-state index contributed by atoms with van der Waals surface area (Å²) in [5.41, 5.74) is 4.83. The molecule has 6 heteroatoms. The first-order valence-electron chi connectivity index (χ1n) is 4.27. The molecule has 0 aromatic carbocycles. The van der Waals surface area contributed by atoms with Crippen LogP contribution in [0, 0.1) is 0 Å². The van der Waals surface area contributed by atoms with E-state index in [-0.39, 0.29) is 18.7 Å². The van der Waals surface area contributed by atoms with Gasteiger partial charge in [-0.2, -0.15) is 0 Å². The van der Waals surface area contributed by atoms with Crippen molar-refractivity contribution in [2.75, 3.05) is 0 Å². The van der Waals surface area contributed by atoms with Crippen LogP contribution in [0.2, 0.25) is 0 Å². The normalized spacial score (nSPS) is 11.8. The fourth-order valence-electron chi connectivity index (χ4n) is 0.895. The van der Waals surface area contributed by atoms with E-state index in [1.54, 1.807) is 6.92 Å². The van der Waals surface area contributed by atoms with Gasteiger partial charge < -0.3 is 16.2 Å². The average molecular weight is 202 g/mol. The van der Waals surface area contributed by atoms with Crippen molar-refractivity contribution < 1.29 is 19.5 Å². The van der Waals surface area contributed by atoms with Crippen molar-refractivity contribution in [3.8, 4) is 0 Å². The number of amides is 2. The predicted octanol–water partition coefficient (Wildman–Crippen LogP) is -0.769. The first-order chi connectivity index (χ1) is 6.47. The summed E-state index contributed by atoms with van der Waals surface area (Å²) in [7, 11) is 0. The van der Waals surface area contributed by atoms with Crippen LogP contribution in [-0.4, -0.2) is 28.9 Å². The first kappa shape index (κ1) is 12.4. The Bertz CT molecular complexity index is 239. The fourth-order valence-corrected chi connectivity index (χ4v) is 0.895. The molecular weight excluding hydrogens is 188 g/mol. The number of hydrogen-bond acceptors (Lipinski definition) is 3. The lowest BCUT2D eigenvalue weighted by Crippen LogP contribution is -2.43. The van der Waals surface area contributed by atoms with Crippen molar-refractivity contribution in [1.82, 2.24) is 5.32 Å². The van der Waals surface area contributed by atoms with E-state index < -0.39 is 17.9 Å². The molecule has 6 nitrogen and oxygen atoms in total. The molecule has 0 aromatic rings. The van der Waals surface area contributed by atoms with Crippen LogP contribution in [0.25, 0.3) is 0 Å². The number of aliphatic carboxylic acids is 1. The molecule has 0 saturated heterocycles. The summed E-state index contributed by atoms with van der Waals surface area (Å²) in [6.45, 7) is 1.80. The van der Waals surface area contributed by atoms with E-state index in [2.05, 4.69) is 5.32 Å². The third kappa shape index (κ3) is 5.13. The van der Waals surface area contributed by atoms with Crippen molar-refractivity contribution in [1.29, 1.82) is 0 Å². The second-order valence-corrected chi connectivity index (χ2v) is 2.88. The molecule has 0 aromatic heterocycles. The Kier molecular flexibility index (Phi) is 5.28. The standard InChI is InChI=1S/C8H14N2O4/c1-2-3-7(12)10-5(8(13)14)4-6(9)11/h5H,2-4H2,1H3,(H2,9,11)(H,10,12)(H,13,14)/t5-/m1/s1. The van der Waals surface area contributed by atoms with E-state index in [9.17, 15) is 14.4 Å². The molecule has 80 valence electrons. The summed E-state index contributed by atoms with van der Waals surface area (Å²) in [4.78, 5) is 32.0. The van der Waals surface area contributed by atoms with Gasteiger partial charge in [0.15, 0.2) is 0 Å². The molecule has 0 heterocycles. The predicted molar refractivity (Wildman–Crippen MR) is 48.3 cm³/mol. The molecule has 1 atom stereocenters. The highest BCUT2D eigenvalue weighted by molar-refractivity contribution is 5.88. The number of rotatable bonds is 6. The Hall–Kier alpha value is -1.59. The monoisotopic (exact) mass is 202 g/mol. The van der Waals surface area contributed by atoms with Crippen molar-refractivity contribution in [3.63, 3.8) is 0 Å². The number of nitrogens with one attached hydrogen (secondary N) is 1. The molecule has 14 heavy (non-hydrogen) atoms. The molecule has 2 amide bonds. The summed E-state index contributed by atoms with van der Waals surface area (Å²) >= 11 is 0. The Balaban J connectivity index is 4.16. The Morgan fingerprint density at radius 3 is 2.36 bits per heavy atom. The second-order valence-electron chi connectivity index (χ2n) is 2.88. The maximum atomic E-state index is 11.0. The van der Waals surface area contributed by atoms with Gasteiger partial charge in [-0.05, 0) is 6.42 Å². The van der Waals surface area contributed by atoms with Gasteiger partial charge in [-0.25, -0.2) is 4.79 Å². The fraction of sp³-hybridized carbons (Fsp3) is 0.625. The number of carbonyl (C=O) groups excluding carboxylic acids is 2. The number of nitrogens with two attached hydrogens (primary N) is 1. The van der Waals surface area contributed by atoms with Gasteiger partial charge in [0, 0.05) is 6.42 Å². The average Bonchev–Trinajstić information content (AvgIpc) is 2.02. The molecule has 0 saturated carbocycles. The van der Waals surface area contributed by atoms with E-state index in [4.69, 9.17) is 10.8 Å². The zero-order valence-corrected chi connectivity index (χ0v) is 7.95. The highest BCUT2D eigenvalue weighted by atomic mass is 16.4. The minimum absolute atomic E-state index is 0.239. The summed E-state index contributed by atoms with van der Waals surface area (Å²) in [6, 6.07) is -1.22. The molecule has 0 rings (SSSR count). The van der Waals surface area contributed by atoms with Crippen LogP contribution < -0.4 is 11.1 Å². The van der Waals surface area contributed by atoms with Crippen LogP contribution in [0.3, 0.4) is 0 Å². The summed E-state index contributed by atoms with van der Waals surface area (Å²) in [5, 5.41) is 10.8. The van der Waals surface area contributed by atoms with E-state index in [1.807, 2.05) is 0 Å². The van der Waals surface area contributed by atoms with E-state index >= 15 is 0 Å². The highest BCUT2D eigenvalue weighted by Crippen LogP contribution is 1.94. The molecule has 0 bridgehead atoms. The molecule has 0 unspecified atom stereocenters. The van der Waals surface area contributed by atoms with Gasteiger partial charge >= 0.3 is 5.97 Å². The van der Waals surface area contributed by atoms with Gasteiger partial charge in [0.1, 0.15) is 6.04 Å². The van der Waals surface area contributed by atoms with Crippen molar-refractivity contribution >= 4 is 17.8 Å². The zero-order valence-electron chi connectivity index (χ0n) is 7.95. The molecule has 0 aliphatic carbocycles. The molecule has 0 fully saturated rings. The van der Waals surface area contributed by atoms with Gasteiger partial charge in [-0.3, -0.25) is 9.59 Å². The van der Waals surface area contributed by atoms with Gasteiger partial charge in [-0.1, -0.05) is 6.92 Å². The van der Waals surface area contributed by atoms with E-state index in [0.717, 1.165) is 0 Å². The maximum absolute atomic E-state index is 11.0. The summed E-state index contributed by atoms with van der Waals surface area (Å²) < 4.78 is 0. The second kappa shape index (κ2) is 5.95. The van der Waals surface area contributed by atoms with Crippen molar-refractivity contribution in [2.45, 2.75) is 32.2 Å². The maximum Gasteiger partial charge on any atom is 0.326 e. The van der Waals surface area contributed by atoms with Crippen LogP contribution in [0.1, 0.15) is 26.2 Å². The Labute approximate surface area is 81.5 Å². The van der Waals surface area contributed by atoms with Crippen LogP contribution >= 0.6 is 0 Å². The first-order valence-corrected chi connectivity index (χ1v) is 4.27. The van der Waals surface area contributed by atoms with Gasteiger partial charge in [0.05, 0.1) is 6.42 Å².